The fourth-order valence-electron chi connectivity index (χ4n) is 5.08. The van der Waals surface area contributed by atoms with Gasteiger partial charge >= 0.3 is 0 Å². The van der Waals surface area contributed by atoms with Gasteiger partial charge in [0.05, 0.1) is 17.7 Å². The molecule has 9 heteroatoms. The van der Waals surface area contributed by atoms with Crippen molar-refractivity contribution in [3.05, 3.63) is 90.0 Å². The van der Waals surface area contributed by atoms with Crippen LogP contribution in [0.4, 0.5) is 5.69 Å². The molecule has 41 heavy (non-hydrogen) atoms. The zero-order chi connectivity index (χ0) is 29.4. The molecule has 0 radical (unpaired) electrons. The molecule has 0 saturated heterocycles. The van der Waals surface area contributed by atoms with Crippen molar-refractivity contribution < 1.29 is 22.7 Å². The summed E-state index contributed by atoms with van der Waals surface area (Å²) in [5.74, 6) is -0.119. The lowest BCUT2D eigenvalue weighted by Crippen LogP contribution is -2.53. The number of nitrogens with one attached hydrogen (secondary N) is 1. The van der Waals surface area contributed by atoms with E-state index >= 15 is 0 Å². The lowest BCUT2D eigenvalue weighted by atomic mass is 10.1. The van der Waals surface area contributed by atoms with E-state index in [1.54, 1.807) is 43.3 Å². The number of sulfonamides is 1. The average Bonchev–Trinajstić information content (AvgIpc) is 3.49. The lowest BCUT2D eigenvalue weighted by molar-refractivity contribution is -0.139. The number of hydrogen-bond donors (Lipinski definition) is 1. The van der Waals surface area contributed by atoms with Crippen LogP contribution in [0.1, 0.15) is 43.7 Å². The van der Waals surface area contributed by atoms with Gasteiger partial charge in [-0.3, -0.25) is 13.9 Å². The fourth-order valence-corrected chi connectivity index (χ4v) is 6.49. The number of rotatable bonds is 12. The third-order valence-electron chi connectivity index (χ3n) is 7.60. The standard InChI is InChI=1S/C32H39N3O5S/c1-24-13-19-30(20-14-24)41(38,39)35(28-15-17-29(40-3)18-16-28)23-31(36)34(22-21-26-9-5-4-6-10-26)25(2)32(37)33-27-11-7-8-12-27/h4-6,9-10,13-20,25,27H,7-8,11-12,21-23H2,1-3H3,(H,33,37). The van der Waals surface area contributed by atoms with Crippen molar-refractivity contribution >= 4 is 27.5 Å². The van der Waals surface area contributed by atoms with Crippen LogP contribution in [-0.2, 0) is 26.0 Å². The summed E-state index contributed by atoms with van der Waals surface area (Å²) < 4.78 is 34.2. The van der Waals surface area contributed by atoms with Gasteiger partial charge in [-0.15, -0.1) is 0 Å². The summed E-state index contributed by atoms with van der Waals surface area (Å²) in [4.78, 5) is 28.9. The molecule has 0 heterocycles. The number of anilines is 1. The Morgan fingerprint density at radius 2 is 1.59 bits per heavy atom. The maximum absolute atomic E-state index is 14.0. The van der Waals surface area contributed by atoms with E-state index in [0.717, 1.165) is 41.1 Å². The van der Waals surface area contributed by atoms with Crippen LogP contribution < -0.4 is 14.4 Å². The van der Waals surface area contributed by atoms with Crippen LogP contribution in [0.2, 0.25) is 0 Å². The van der Waals surface area contributed by atoms with Gasteiger partial charge < -0.3 is 15.0 Å². The molecule has 1 atom stereocenters. The molecular weight excluding hydrogens is 538 g/mol. The van der Waals surface area contributed by atoms with Crippen LogP contribution in [0, 0.1) is 6.92 Å². The maximum Gasteiger partial charge on any atom is 0.264 e. The number of nitrogens with zero attached hydrogens (tertiary/aromatic N) is 2. The van der Waals surface area contributed by atoms with E-state index in [2.05, 4.69) is 5.32 Å². The minimum atomic E-state index is -4.11. The largest absolute Gasteiger partial charge is 0.497 e. The third kappa shape index (κ3) is 7.67. The number of aryl methyl sites for hydroxylation is 1. The first-order chi connectivity index (χ1) is 19.7. The first-order valence-corrected chi connectivity index (χ1v) is 15.5. The molecule has 1 aliphatic rings. The summed E-state index contributed by atoms with van der Waals surface area (Å²) >= 11 is 0. The van der Waals surface area contributed by atoms with Crippen molar-refractivity contribution in [2.45, 2.75) is 62.9 Å². The van der Waals surface area contributed by atoms with Gasteiger partial charge in [-0.05, 0) is 75.1 Å². The minimum Gasteiger partial charge on any atom is -0.497 e. The average molecular weight is 578 g/mol. The smallest absolute Gasteiger partial charge is 0.264 e. The van der Waals surface area contributed by atoms with Gasteiger partial charge in [0.25, 0.3) is 10.0 Å². The van der Waals surface area contributed by atoms with Crippen LogP contribution in [0.5, 0.6) is 5.75 Å². The molecule has 0 aromatic heterocycles. The van der Waals surface area contributed by atoms with Crippen LogP contribution in [-0.4, -0.2) is 57.4 Å². The van der Waals surface area contributed by atoms with Gasteiger partial charge in [-0.1, -0.05) is 60.9 Å². The predicted octanol–water partition coefficient (Wildman–Crippen LogP) is 4.72. The molecule has 218 valence electrons. The highest BCUT2D eigenvalue weighted by Crippen LogP contribution is 2.27. The summed E-state index contributed by atoms with van der Waals surface area (Å²) in [6, 6.07) is 22.1. The number of carbonyl (C=O) groups excluding carboxylic acids is 2. The second kappa shape index (κ2) is 13.7. The number of hydrogen-bond acceptors (Lipinski definition) is 5. The quantitative estimate of drug-likeness (QED) is 0.336. The van der Waals surface area contributed by atoms with E-state index in [-0.39, 0.29) is 23.4 Å². The molecular formula is C32H39N3O5S. The van der Waals surface area contributed by atoms with Gasteiger partial charge in [0.15, 0.2) is 0 Å². The zero-order valence-electron chi connectivity index (χ0n) is 24.0. The second-order valence-corrected chi connectivity index (χ2v) is 12.4. The molecule has 0 aliphatic heterocycles. The highest BCUT2D eigenvalue weighted by Gasteiger charge is 2.33. The minimum absolute atomic E-state index is 0.0783. The molecule has 3 aromatic rings. The van der Waals surface area contributed by atoms with E-state index in [4.69, 9.17) is 4.74 Å². The van der Waals surface area contributed by atoms with E-state index in [0.29, 0.717) is 17.9 Å². The number of carbonyl (C=O) groups is 2. The van der Waals surface area contributed by atoms with Crippen molar-refractivity contribution in [2.75, 3.05) is 24.5 Å². The Morgan fingerprint density at radius 3 is 2.20 bits per heavy atom. The van der Waals surface area contributed by atoms with Gasteiger partial charge in [0.1, 0.15) is 18.3 Å². The Morgan fingerprint density at radius 1 is 0.951 bits per heavy atom. The predicted molar refractivity (Wildman–Crippen MR) is 160 cm³/mol. The van der Waals surface area contributed by atoms with Crippen molar-refractivity contribution in [3.63, 3.8) is 0 Å². The summed E-state index contributed by atoms with van der Waals surface area (Å²) in [5.41, 5.74) is 2.27. The van der Waals surface area contributed by atoms with Crippen LogP contribution in [0.25, 0.3) is 0 Å². The highest BCUT2D eigenvalue weighted by molar-refractivity contribution is 7.92. The highest BCUT2D eigenvalue weighted by atomic mass is 32.2. The summed E-state index contributed by atoms with van der Waals surface area (Å²) in [5, 5.41) is 3.09. The van der Waals surface area contributed by atoms with E-state index < -0.39 is 28.5 Å². The first kappa shape index (κ1) is 30.1. The number of methoxy groups -OCH3 is 1. The molecule has 0 bridgehead atoms. The first-order valence-electron chi connectivity index (χ1n) is 14.1. The Kier molecular flexibility index (Phi) is 10.0. The number of ether oxygens (including phenoxy) is 1. The molecule has 8 nitrogen and oxygen atoms in total. The summed E-state index contributed by atoms with van der Waals surface area (Å²) in [6.07, 6.45) is 4.53. The summed E-state index contributed by atoms with van der Waals surface area (Å²) in [7, 11) is -2.58. The second-order valence-electron chi connectivity index (χ2n) is 10.5. The van der Waals surface area contributed by atoms with E-state index in [1.165, 1.54) is 24.1 Å². The molecule has 1 saturated carbocycles. The maximum atomic E-state index is 14.0. The van der Waals surface area contributed by atoms with Gasteiger partial charge in [-0.25, -0.2) is 8.42 Å². The van der Waals surface area contributed by atoms with E-state index in [1.807, 2.05) is 37.3 Å². The molecule has 1 unspecified atom stereocenters. The Balaban J connectivity index is 1.64. The Hall–Kier alpha value is -3.85. The number of amides is 2. The van der Waals surface area contributed by atoms with Crippen molar-refractivity contribution in [2.24, 2.45) is 0 Å². The van der Waals surface area contributed by atoms with Crippen molar-refractivity contribution in [1.29, 1.82) is 0 Å². The monoisotopic (exact) mass is 577 g/mol. The molecule has 0 spiro atoms. The van der Waals surface area contributed by atoms with Gasteiger partial charge in [-0.2, -0.15) is 0 Å². The van der Waals surface area contributed by atoms with Crippen LogP contribution in [0.15, 0.2) is 83.8 Å². The molecule has 4 rings (SSSR count). The van der Waals surface area contributed by atoms with Crippen LogP contribution in [0.3, 0.4) is 0 Å². The molecule has 1 fully saturated rings. The normalized spacial score (nSPS) is 14.3. The zero-order valence-corrected chi connectivity index (χ0v) is 24.8. The van der Waals surface area contributed by atoms with Gasteiger partial charge in [0.2, 0.25) is 11.8 Å². The van der Waals surface area contributed by atoms with Gasteiger partial charge in [0, 0.05) is 12.6 Å². The van der Waals surface area contributed by atoms with E-state index in [9.17, 15) is 18.0 Å². The molecule has 2 amide bonds. The summed E-state index contributed by atoms with van der Waals surface area (Å²) in [6.45, 7) is 3.39. The lowest BCUT2D eigenvalue weighted by Gasteiger charge is -2.32. The van der Waals surface area contributed by atoms with Crippen LogP contribution >= 0.6 is 0 Å². The molecule has 1 N–H and O–H groups in total. The Bertz CT molecular complexity index is 1400. The van der Waals surface area contributed by atoms with Crippen molar-refractivity contribution in [3.8, 4) is 5.75 Å². The SMILES string of the molecule is COc1ccc(N(CC(=O)N(CCc2ccccc2)C(C)C(=O)NC2CCCC2)S(=O)(=O)c2ccc(C)cc2)cc1. The number of benzene rings is 3. The molecule has 3 aromatic carbocycles. The molecule has 1 aliphatic carbocycles. The van der Waals surface area contributed by atoms with Crippen molar-refractivity contribution in [1.82, 2.24) is 10.2 Å². The fraction of sp³-hybridized carbons (Fsp3) is 0.375. The third-order valence-corrected chi connectivity index (χ3v) is 9.39. The topological polar surface area (TPSA) is 96.0 Å². The Labute approximate surface area is 243 Å².